The van der Waals surface area contributed by atoms with Gasteiger partial charge < -0.3 is 5.32 Å². The Kier molecular flexibility index (Phi) is 4.10. The maximum atomic E-state index is 13.2. The fraction of sp³-hybridized carbons (Fsp3) is 0.250. The Morgan fingerprint density at radius 1 is 1.41 bits per heavy atom. The smallest absolute Gasteiger partial charge is 0.125 e. The Balaban J connectivity index is 2.24. The van der Waals surface area contributed by atoms with Crippen molar-refractivity contribution in [2.24, 2.45) is 0 Å². The Bertz CT molecular complexity index is 493. The highest BCUT2D eigenvalue weighted by Gasteiger charge is 2.07. The topological polar surface area (TPSA) is 24.9 Å². The second kappa shape index (κ2) is 5.58. The van der Waals surface area contributed by atoms with Crippen molar-refractivity contribution in [2.45, 2.75) is 13.5 Å². The summed E-state index contributed by atoms with van der Waals surface area (Å²) in [5, 5.41) is 4.41. The number of rotatable bonds is 4. The molecule has 0 bridgehead atoms. The number of thiazole rings is 1. The Labute approximate surface area is 108 Å². The lowest BCUT2D eigenvalue weighted by atomic mass is 10.2. The molecule has 5 heteroatoms. The molecule has 90 valence electrons. The summed E-state index contributed by atoms with van der Waals surface area (Å²) in [6.07, 6.45) is 1.81. The number of nitrogens with zero attached hydrogens (tertiary/aromatic N) is 1. The van der Waals surface area contributed by atoms with Crippen LogP contribution in [0.5, 0.6) is 0 Å². The average Bonchev–Trinajstić information content (AvgIpc) is 2.73. The van der Waals surface area contributed by atoms with Crippen LogP contribution in [-0.2, 0) is 6.54 Å². The first-order chi connectivity index (χ1) is 8.19. The molecule has 2 nitrogen and oxygen atoms in total. The van der Waals surface area contributed by atoms with Gasteiger partial charge in [0.15, 0.2) is 0 Å². The van der Waals surface area contributed by atoms with Gasteiger partial charge in [0, 0.05) is 28.2 Å². The van der Waals surface area contributed by atoms with Gasteiger partial charge in [0.05, 0.1) is 0 Å². The van der Waals surface area contributed by atoms with Crippen molar-refractivity contribution >= 4 is 22.9 Å². The first kappa shape index (κ1) is 12.5. The Hall–Kier alpha value is -0.970. The zero-order valence-electron chi connectivity index (χ0n) is 9.34. The summed E-state index contributed by atoms with van der Waals surface area (Å²) in [5.41, 5.74) is 0.725. The van der Waals surface area contributed by atoms with E-state index in [-0.39, 0.29) is 5.82 Å². The zero-order valence-corrected chi connectivity index (χ0v) is 10.9. The second-order valence-electron chi connectivity index (χ2n) is 3.57. The molecule has 0 saturated heterocycles. The third kappa shape index (κ3) is 3.25. The number of aromatic nitrogens is 1. The normalized spacial score (nSPS) is 10.8. The molecule has 0 saturated carbocycles. The van der Waals surface area contributed by atoms with E-state index < -0.39 is 0 Å². The van der Waals surface area contributed by atoms with Gasteiger partial charge in [-0.2, -0.15) is 0 Å². The fourth-order valence-corrected chi connectivity index (χ4v) is 2.54. The monoisotopic (exact) mass is 270 g/mol. The first-order valence-electron chi connectivity index (χ1n) is 5.31. The van der Waals surface area contributed by atoms with Crippen molar-refractivity contribution in [1.29, 1.82) is 0 Å². The maximum absolute atomic E-state index is 13.2. The van der Waals surface area contributed by atoms with Crippen molar-refractivity contribution < 1.29 is 4.39 Å². The van der Waals surface area contributed by atoms with Gasteiger partial charge in [-0.25, -0.2) is 9.37 Å². The number of nitrogens with one attached hydrogen (secondary N) is 1. The lowest BCUT2D eigenvalue weighted by Crippen LogP contribution is -2.10. The minimum Gasteiger partial charge on any atom is -0.312 e. The molecular weight excluding hydrogens is 259 g/mol. The van der Waals surface area contributed by atoms with Crippen LogP contribution in [-0.4, -0.2) is 11.5 Å². The number of benzene rings is 1. The highest BCUT2D eigenvalue weighted by atomic mass is 35.5. The fourth-order valence-electron chi connectivity index (χ4n) is 1.45. The molecule has 1 aromatic carbocycles. The van der Waals surface area contributed by atoms with Crippen LogP contribution < -0.4 is 5.32 Å². The van der Waals surface area contributed by atoms with Crippen LogP contribution in [0, 0.1) is 5.82 Å². The van der Waals surface area contributed by atoms with E-state index in [0.29, 0.717) is 5.02 Å². The molecule has 0 amide bonds. The summed E-state index contributed by atoms with van der Waals surface area (Å²) < 4.78 is 13.2. The van der Waals surface area contributed by atoms with Crippen LogP contribution >= 0.6 is 22.9 Å². The molecule has 0 fully saturated rings. The number of hydrogen-bond donors (Lipinski definition) is 1. The van der Waals surface area contributed by atoms with E-state index >= 15 is 0 Å². The minimum absolute atomic E-state index is 0.337. The SMILES string of the molecule is CCNCc1cnc(-c2cc(F)cc(Cl)c2)s1. The molecule has 0 atom stereocenters. The highest BCUT2D eigenvalue weighted by Crippen LogP contribution is 2.28. The van der Waals surface area contributed by atoms with E-state index in [1.807, 2.05) is 13.1 Å². The second-order valence-corrected chi connectivity index (χ2v) is 5.12. The van der Waals surface area contributed by atoms with Crippen molar-refractivity contribution in [3.63, 3.8) is 0 Å². The molecule has 0 aliphatic carbocycles. The summed E-state index contributed by atoms with van der Waals surface area (Å²) in [5.74, 6) is -0.337. The quantitative estimate of drug-likeness (QED) is 0.916. The van der Waals surface area contributed by atoms with Crippen LogP contribution in [0.3, 0.4) is 0 Å². The van der Waals surface area contributed by atoms with E-state index in [1.165, 1.54) is 12.1 Å². The van der Waals surface area contributed by atoms with E-state index in [9.17, 15) is 4.39 Å². The van der Waals surface area contributed by atoms with Gasteiger partial charge in [0.25, 0.3) is 0 Å². The summed E-state index contributed by atoms with van der Waals surface area (Å²) >= 11 is 7.36. The molecule has 0 spiro atoms. The van der Waals surface area contributed by atoms with Gasteiger partial charge in [-0.3, -0.25) is 0 Å². The van der Waals surface area contributed by atoms with Gasteiger partial charge in [0.2, 0.25) is 0 Å². The molecule has 0 aliphatic rings. The first-order valence-corrected chi connectivity index (χ1v) is 6.50. The average molecular weight is 271 g/mol. The predicted octanol–water partition coefficient (Wildman–Crippen LogP) is 3.71. The molecule has 1 N–H and O–H groups in total. The van der Waals surface area contributed by atoms with Gasteiger partial charge >= 0.3 is 0 Å². The Morgan fingerprint density at radius 2 is 2.24 bits per heavy atom. The molecule has 0 aliphatic heterocycles. The van der Waals surface area contributed by atoms with Gasteiger partial charge in [0.1, 0.15) is 10.8 Å². The molecule has 1 aromatic heterocycles. The largest absolute Gasteiger partial charge is 0.312 e. The summed E-state index contributed by atoms with van der Waals surface area (Å²) in [6.45, 7) is 3.75. The van der Waals surface area contributed by atoms with E-state index in [2.05, 4.69) is 10.3 Å². The third-order valence-electron chi connectivity index (χ3n) is 2.21. The minimum atomic E-state index is -0.337. The molecule has 0 unspecified atom stereocenters. The molecule has 0 radical (unpaired) electrons. The Morgan fingerprint density at radius 3 is 2.94 bits per heavy atom. The van der Waals surface area contributed by atoms with Crippen molar-refractivity contribution in [1.82, 2.24) is 10.3 Å². The molecular formula is C12H12ClFN2S. The molecule has 17 heavy (non-hydrogen) atoms. The van der Waals surface area contributed by atoms with Crippen LogP contribution in [0.1, 0.15) is 11.8 Å². The standard InChI is InChI=1S/C12H12ClFN2S/c1-2-15-6-11-7-16-12(17-11)8-3-9(13)5-10(14)4-8/h3-5,7,15H,2,6H2,1H3. The van der Waals surface area contributed by atoms with Crippen molar-refractivity contribution in [3.05, 3.63) is 40.1 Å². The summed E-state index contributed by atoms with van der Waals surface area (Å²) in [7, 11) is 0. The lowest BCUT2D eigenvalue weighted by molar-refractivity contribution is 0.628. The van der Waals surface area contributed by atoms with E-state index in [4.69, 9.17) is 11.6 Å². The van der Waals surface area contributed by atoms with E-state index in [0.717, 1.165) is 28.5 Å². The van der Waals surface area contributed by atoms with Crippen LogP contribution in [0.25, 0.3) is 10.6 Å². The number of halogens is 2. The zero-order chi connectivity index (χ0) is 12.3. The number of hydrogen-bond acceptors (Lipinski definition) is 3. The third-order valence-corrected chi connectivity index (χ3v) is 3.48. The lowest BCUT2D eigenvalue weighted by Gasteiger charge is -1.98. The van der Waals surface area contributed by atoms with E-state index in [1.54, 1.807) is 17.4 Å². The van der Waals surface area contributed by atoms with Crippen molar-refractivity contribution in [2.75, 3.05) is 6.54 Å². The van der Waals surface area contributed by atoms with Gasteiger partial charge in [-0.1, -0.05) is 18.5 Å². The van der Waals surface area contributed by atoms with Crippen LogP contribution in [0.2, 0.25) is 5.02 Å². The highest BCUT2D eigenvalue weighted by molar-refractivity contribution is 7.15. The molecule has 2 rings (SSSR count). The summed E-state index contributed by atoms with van der Waals surface area (Å²) in [4.78, 5) is 5.40. The molecule has 1 heterocycles. The maximum Gasteiger partial charge on any atom is 0.125 e. The van der Waals surface area contributed by atoms with Gasteiger partial charge in [-0.15, -0.1) is 11.3 Å². The van der Waals surface area contributed by atoms with Gasteiger partial charge in [-0.05, 0) is 24.7 Å². The van der Waals surface area contributed by atoms with Crippen molar-refractivity contribution in [3.8, 4) is 10.6 Å². The van der Waals surface area contributed by atoms with Crippen LogP contribution in [0.15, 0.2) is 24.4 Å². The predicted molar refractivity (Wildman–Crippen MR) is 69.9 cm³/mol. The summed E-state index contributed by atoms with van der Waals surface area (Å²) in [6, 6.07) is 4.46. The molecule has 2 aromatic rings. The van der Waals surface area contributed by atoms with Crippen LogP contribution in [0.4, 0.5) is 4.39 Å².